The van der Waals surface area contributed by atoms with E-state index < -0.39 is 17.9 Å². The molecule has 1 saturated carbocycles. The highest BCUT2D eigenvalue weighted by atomic mass is 32.1. The Morgan fingerprint density at radius 1 is 1.32 bits per heavy atom. The predicted molar refractivity (Wildman–Crippen MR) is 104 cm³/mol. The maximum absolute atomic E-state index is 13.2. The number of aliphatic hydroxyl groups is 1. The highest BCUT2D eigenvalue weighted by Gasteiger charge is 2.49. The number of hydrogen-bond donors (Lipinski definition) is 1. The van der Waals surface area contributed by atoms with Gasteiger partial charge >= 0.3 is 0 Å². The van der Waals surface area contributed by atoms with Gasteiger partial charge in [-0.3, -0.25) is 4.68 Å². The van der Waals surface area contributed by atoms with Crippen LogP contribution in [0.3, 0.4) is 0 Å². The summed E-state index contributed by atoms with van der Waals surface area (Å²) < 4.78 is 28.1. The maximum atomic E-state index is 13.2. The molecular weight excluding hydrogens is 382 g/mol. The molecule has 28 heavy (non-hydrogen) atoms. The molecule has 0 amide bonds. The summed E-state index contributed by atoms with van der Waals surface area (Å²) >= 11 is 1.38. The average Bonchev–Trinajstić information content (AvgIpc) is 3.17. The number of fused-ring (bicyclic) bond motifs is 2. The predicted octanol–water partition coefficient (Wildman–Crippen LogP) is 4.63. The Kier molecular flexibility index (Phi) is 3.79. The van der Waals surface area contributed by atoms with Crippen LogP contribution in [-0.4, -0.2) is 30.8 Å². The van der Waals surface area contributed by atoms with Gasteiger partial charge in [0.05, 0.1) is 11.8 Å². The lowest BCUT2D eigenvalue weighted by molar-refractivity contribution is -0.141. The van der Waals surface area contributed by atoms with Crippen molar-refractivity contribution in [1.82, 2.24) is 19.7 Å². The van der Waals surface area contributed by atoms with E-state index in [1.807, 2.05) is 38.4 Å². The van der Waals surface area contributed by atoms with Crippen LogP contribution in [0, 0.1) is 12.8 Å². The van der Waals surface area contributed by atoms with Crippen molar-refractivity contribution >= 4 is 32.6 Å². The number of pyridine rings is 2. The van der Waals surface area contributed by atoms with Crippen LogP contribution in [-0.2, 0) is 7.05 Å². The van der Waals surface area contributed by atoms with Crippen molar-refractivity contribution in [2.75, 3.05) is 0 Å². The van der Waals surface area contributed by atoms with E-state index in [0.29, 0.717) is 5.65 Å². The first-order valence-electron chi connectivity index (χ1n) is 9.06. The van der Waals surface area contributed by atoms with Crippen molar-refractivity contribution in [2.45, 2.75) is 31.8 Å². The number of aromatic nitrogens is 4. The maximum Gasteiger partial charge on any atom is 0.248 e. The molecule has 8 heteroatoms. The van der Waals surface area contributed by atoms with Gasteiger partial charge in [0.15, 0.2) is 5.65 Å². The van der Waals surface area contributed by atoms with Crippen LogP contribution >= 0.6 is 11.3 Å². The molecule has 1 aliphatic carbocycles. The molecule has 0 unspecified atom stereocenters. The van der Waals surface area contributed by atoms with Crippen molar-refractivity contribution in [3.63, 3.8) is 0 Å². The zero-order chi connectivity index (χ0) is 19.6. The van der Waals surface area contributed by atoms with Crippen molar-refractivity contribution in [3.8, 4) is 11.3 Å². The van der Waals surface area contributed by atoms with Gasteiger partial charge in [0.25, 0.3) is 0 Å². The summed E-state index contributed by atoms with van der Waals surface area (Å²) in [5.74, 6) is -3.03. The SMILES string of the molecule is Cc1c([C@H](O)C2CC(F)(F)C2)sc2nc(-c3cnc4nn(C)cc4c3)ccc12. The van der Waals surface area contributed by atoms with Crippen LogP contribution in [0.1, 0.15) is 29.4 Å². The third kappa shape index (κ3) is 2.79. The number of aliphatic hydroxyl groups excluding tert-OH is 1. The highest BCUT2D eigenvalue weighted by Crippen LogP contribution is 2.50. The Labute approximate surface area is 163 Å². The molecule has 0 bridgehead atoms. The van der Waals surface area contributed by atoms with E-state index in [0.717, 1.165) is 37.3 Å². The third-order valence-corrected chi connectivity index (χ3v) is 6.72. The van der Waals surface area contributed by atoms with Crippen LogP contribution in [0.5, 0.6) is 0 Å². The van der Waals surface area contributed by atoms with Crippen LogP contribution in [0.4, 0.5) is 8.78 Å². The molecule has 0 aliphatic heterocycles. The summed E-state index contributed by atoms with van der Waals surface area (Å²) in [6.45, 7) is 1.92. The number of thiophene rings is 1. The molecule has 144 valence electrons. The molecule has 1 fully saturated rings. The third-order valence-electron chi connectivity index (χ3n) is 5.45. The molecule has 5 rings (SSSR count). The summed E-state index contributed by atoms with van der Waals surface area (Å²) in [4.78, 5) is 10.7. The Bertz CT molecular complexity index is 1210. The van der Waals surface area contributed by atoms with Gasteiger partial charge in [-0.25, -0.2) is 18.7 Å². The van der Waals surface area contributed by atoms with Gasteiger partial charge in [-0.05, 0) is 30.7 Å². The second-order valence-electron chi connectivity index (χ2n) is 7.55. The van der Waals surface area contributed by atoms with Crippen molar-refractivity contribution in [3.05, 3.63) is 41.0 Å². The second-order valence-corrected chi connectivity index (χ2v) is 8.58. The van der Waals surface area contributed by atoms with E-state index >= 15 is 0 Å². The lowest BCUT2D eigenvalue weighted by Gasteiger charge is -2.37. The van der Waals surface area contributed by atoms with Crippen molar-refractivity contribution in [1.29, 1.82) is 0 Å². The van der Waals surface area contributed by atoms with Gasteiger partial charge in [0.2, 0.25) is 5.92 Å². The number of alkyl halides is 2. The van der Waals surface area contributed by atoms with Crippen LogP contribution < -0.4 is 0 Å². The number of hydrogen-bond acceptors (Lipinski definition) is 5. The fraction of sp³-hybridized carbons (Fsp3) is 0.350. The van der Waals surface area contributed by atoms with Crippen LogP contribution in [0.15, 0.2) is 30.6 Å². The number of halogens is 2. The first-order chi connectivity index (χ1) is 13.3. The molecule has 1 aliphatic rings. The standard InChI is InChI=1S/C20H18F2N4OS/c1-10-14-3-4-15(11-5-12-9-26(2)25-18(12)23-8-11)24-19(14)28-17(10)16(27)13-6-20(21,22)7-13/h3-5,8-9,13,16,27H,6-7H2,1-2H3/t16-/m1/s1. The quantitative estimate of drug-likeness (QED) is 0.545. The van der Waals surface area contributed by atoms with Gasteiger partial charge in [-0.15, -0.1) is 11.3 Å². The molecule has 0 aromatic carbocycles. The van der Waals surface area contributed by atoms with Gasteiger partial charge < -0.3 is 5.11 Å². The molecule has 4 heterocycles. The monoisotopic (exact) mass is 400 g/mol. The van der Waals surface area contributed by atoms with E-state index in [1.54, 1.807) is 10.9 Å². The molecule has 1 atom stereocenters. The molecule has 1 N–H and O–H groups in total. The first-order valence-corrected chi connectivity index (χ1v) is 9.88. The fourth-order valence-corrected chi connectivity index (χ4v) is 5.14. The van der Waals surface area contributed by atoms with Crippen LogP contribution in [0.25, 0.3) is 32.5 Å². The highest BCUT2D eigenvalue weighted by molar-refractivity contribution is 7.18. The molecule has 5 nitrogen and oxygen atoms in total. The summed E-state index contributed by atoms with van der Waals surface area (Å²) in [7, 11) is 1.85. The van der Waals surface area contributed by atoms with Gasteiger partial charge in [0, 0.05) is 59.4 Å². The zero-order valence-corrected chi connectivity index (χ0v) is 16.2. The van der Waals surface area contributed by atoms with E-state index in [2.05, 4.69) is 10.1 Å². The Morgan fingerprint density at radius 2 is 2.11 bits per heavy atom. The summed E-state index contributed by atoms with van der Waals surface area (Å²) in [6.07, 6.45) is 2.28. The topological polar surface area (TPSA) is 63.8 Å². The summed E-state index contributed by atoms with van der Waals surface area (Å²) in [5, 5.41) is 16.8. The zero-order valence-electron chi connectivity index (χ0n) is 15.4. The minimum Gasteiger partial charge on any atom is -0.387 e. The second kappa shape index (κ2) is 6.02. The van der Waals surface area contributed by atoms with E-state index in [4.69, 9.17) is 4.98 Å². The minimum absolute atomic E-state index is 0.253. The first kappa shape index (κ1) is 17.6. The van der Waals surface area contributed by atoms with Gasteiger partial charge in [0.1, 0.15) is 4.83 Å². The van der Waals surface area contributed by atoms with E-state index in [-0.39, 0.29) is 12.8 Å². The van der Waals surface area contributed by atoms with Gasteiger partial charge in [-0.2, -0.15) is 5.10 Å². The lowest BCUT2D eigenvalue weighted by atomic mass is 9.77. The Morgan fingerprint density at radius 3 is 2.86 bits per heavy atom. The normalized spacial score (nSPS) is 17.9. The average molecular weight is 400 g/mol. The van der Waals surface area contributed by atoms with Crippen molar-refractivity contribution < 1.29 is 13.9 Å². The minimum atomic E-state index is -2.64. The smallest absolute Gasteiger partial charge is 0.248 e. The molecule has 4 aromatic heterocycles. The Balaban J connectivity index is 1.52. The number of nitrogens with zero attached hydrogens (tertiary/aromatic N) is 4. The molecule has 0 spiro atoms. The Hall–Kier alpha value is -2.45. The summed E-state index contributed by atoms with van der Waals surface area (Å²) in [6, 6.07) is 5.90. The van der Waals surface area contributed by atoms with E-state index in [1.165, 1.54) is 11.3 Å². The number of aryl methyl sites for hydroxylation is 2. The van der Waals surface area contributed by atoms with Crippen molar-refractivity contribution in [2.24, 2.45) is 13.0 Å². The van der Waals surface area contributed by atoms with E-state index in [9.17, 15) is 13.9 Å². The molecular formula is C20H18F2N4OS. The fourth-order valence-electron chi connectivity index (χ4n) is 3.88. The number of rotatable bonds is 3. The largest absolute Gasteiger partial charge is 0.387 e. The summed E-state index contributed by atoms with van der Waals surface area (Å²) in [5.41, 5.74) is 3.27. The molecule has 4 aromatic rings. The van der Waals surface area contributed by atoms with Crippen LogP contribution in [0.2, 0.25) is 0 Å². The molecule has 0 saturated heterocycles. The molecule has 0 radical (unpaired) electrons. The van der Waals surface area contributed by atoms with Gasteiger partial charge in [-0.1, -0.05) is 0 Å². The lowest BCUT2D eigenvalue weighted by Crippen LogP contribution is -2.38.